The number of halogens is 1. The molecule has 33 heavy (non-hydrogen) atoms. The summed E-state index contributed by atoms with van der Waals surface area (Å²) in [6.45, 7) is 1.23. The summed E-state index contributed by atoms with van der Waals surface area (Å²) in [6, 6.07) is 10.1. The second-order valence-electron chi connectivity index (χ2n) is 7.14. The first-order valence-electron chi connectivity index (χ1n) is 9.46. The van der Waals surface area contributed by atoms with Crippen LogP contribution in [0, 0.1) is 28.4 Å². The monoisotopic (exact) mass is 467 g/mol. The summed E-state index contributed by atoms with van der Waals surface area (Å²) >= 11 is 5.82. The van der Waals surface area contributed by atoms with Crippen LogP contribution in [0.15, 0.2) is 41.2 Å². The van der Waals surface area contributed by atoms with Gasteiger partial charge in [0.1, 0.15) is 16.7 Å². The largest absolute Gasteiger partial charge is 0.494 e. The minimum atomic E-state index is -0.805. The zero-order valence-electron chi connectivity index (χ0n) is 17.0. The van der Waals surface area contributed by atoms with Gasteiger partial charge in [0.05, 0.1) is 17.0 Å². The maximum atomic E-state index is 13.2. The quantitative estimate of drug-likeness (QED) is 0.341. The topological polar surface area (TPSA) is 145 Å². The fraction of sp³-hybridized carbons (Fsp3) is 0.136. The van der Waals surface area contributed by atoms with Crippen LogP contribution in [-0.4, -0.2) is 27.2 Å². The SMILES string of the molecule is Cc1c(C(=O)c2ccc(Cl)c([N+](=O)[O-])c2)c(O)n(Cc2ccc3c(c2)OCO3)c(=O)c1C#N. The average molecular weight is 468 g/mol. The third-order valence-corrected chi connectivity index (χ3v) is 5.53. The molecule has 11 heteroatoms. The lowest BCUT2D eigenvalue weighted by atomic mass is 9.96. The Bertz CT molecular complexity index is 1440. The van der Waals surface area contributed by atoms with E-state index in [1.807, 2.05) is 0 Å². The molecule has 0 saturated carbocycles. The van der Waals surface area contributed by atoms with Crippen molar-refractivity contribution in [3.63, 3.8) is 0 Å². The summed E-state index contributed by atoms with van der Waals surface area (Å²) in [5, 5.41) is 31.5. The van der Waals surface area contributed by atoms with E-state index in [-0.39, 0.29) is 40.6 Å². The molecule has 0 spiro atoms. The molecule has 0 bridgehead atoms. The highest BCUT2D eigenvalue weighted by Gasteiger charge is 2.27. The number of nitro groups is 1. The number of hydrogen-bond donors (Lipinski definition) is 1. The molecule has 10 nitrogen and oxygen atoms in total. The number of carbonyl (C=O) groups is 1. The van der Waals surface area contributed by atoms with Crippen LogP contribution in [0.3, 0.4) is 0 Å². The molecule has 0 fully saturated rings. The molecule has 1 aliphatic rings. The van der Waals surface area contributed by atoms with Gasteiger partial charge in [-0.3, -0.25) is 24.3 Å². The van der Waals surface area contributed by atoms with Crippen molar-refractivity contribution >= 4 is 23.1 Å². The number of aromatic nitrogens is 1. The second-order valence-corrected chi connectivity index (χ2v) is 7.55. The van der Waals surface area contributed by atoms with E-state index in [2.05, 4.69) is 0 Å². The zero-order valence-corrected chi connectivity index (χ0v) is 17.8. The molecule has 0 aliphatic carbocycles. The normalized spacial score (nSPS) is 11.8. The second kappa shape index (κ2) is 8.29. The van der Waals surface area contributed by atoms with Crippen LogP contribution in [0.5, 0.6) is 17.4 Å². The molecule has 1 N–H and O–H groups in total. The van der Waals surface area contributed by atoms with Gasteiger partial charge in [-0.1, -0.05) is 17.7 Å². The third-order valence-electron chi connectivity index (χ3n) is 5.21. The van der Waals surface area contributed by atoms with E-state index in [1.54, 1.807) is 24.3 Å². The first kappa shape index (κ1) is 21.9. The third kappa shape index (κ3) is 3.75. The van der Waals surface area contributed by atoms with Crippen molar-refractivity contribution in [1.29, 1.82) is 5.26 Å². The van der Waals surface area contributed by atoms with Crippen molar-refractivity contribution < 1.29 is 24.3 Å². The maximum absolute atomic E-state index is 13.2. The number of aromatic hydroxyl groups is 1. The minimum absolute atomic E-state index is 0.0375. The van der Waals surface area contributed by atoms with Gasteiger partial charge in [0, 0.05) is 11.6 Å². The molecule has 3 aromatic rings. The van der Waals surface area contributed by atoms with Gasteiger partial charge in [-0.25, -0.2) is 0 Å². The van der Waals surface area contributed by atoms with Crippen molar-refractivity contribution in [2.75, 3.05) is 6.79 Å². The number of nitriles is 1. The number of ether oxygens (including phenoxy) is 2. The molecule has 0 radical (unpaired) electrons. The Morgan fingerprint density at radius 3 is 2.70 bits per heavy atom. The predicted molar refractivity (Wildman–Crippen MR) is 115 cm³/mol. The number of ketones is 1. The maximum Gasteiger partial charge on any atom is 0.288 e. The summed E-state index contributed by atoms with van der Waals surface area (Å²) < 4.78 is 11.5. The van der Waals surface area contributed by atoms with Crippen LogP contribution in [0.1, 0.15) is 32.6 Å². The molecule has 166 valence electrons. The number of pyridine rings is 1. The van der Waals surface area contributed by atoms with E-state index >= 15 is 0 Å². The van der Waals surface area contributed by atoms with E-state index < -0.39 is 27.8 Å². The zero-order chi connectivity index (χ0) is 23.9. The molecular weight excluding hydrogens is 454 g/mol. The van der Waals surface area contributed by atoms with Crippen molar-refractivity contribution in [1.82, 2.24) is 4.57 Å². The summed E-state index contributed by atoms with van der Waals surface area (Å²) in [5.74, 6) is -0.493. The first-order chi connectivity index (χ1) is 15.7. The number of rotatable bonds is 5. The number of nitro benzene ring substituents is 1. The Morgan fingerprint density at radius 2 is 2.00 bits per heavy atom. The van der Waals surface area contributed by atoms with Gasteiger partial charge in [-0.2, -0.15) is 5.26 Å². The highest BCUT2D eigenvalue weighted by Crippen LogP contribution is 2.34. The Labute approximate surface area is 190 Å². The van der Waals surface area contributed by atoms with Gasteiger partial charge in [0.2, 0.25) is 12.7 Å². The lowest BCUT2D eigenvalue weighted by molar-refractivity contribution is -0.384. The molecule has 2 aromatic carbocycles. The highest BCUT2D eigenvalue weighted by molar-refractivity contribution is 6.32. The number of carbonyl (C=O) groups excluding carboxylic acids is 1. The van der Waals surface area contributed by atoms with E-state index in [0.717, 1.165) is 10.6 Å². The van der Waals surface area contributed by atoms with Gasteiger partial charge in [0.25, 0.3) is 11.2 Å². The van der Waals surface area contributed by atoms with Gasteiger partial charge in [0.15, 0.2) is 17.3 Å². The fourth-order valence-electron chi connectivity index (χ4n) is 3.53. The standard InChI is InChI=1S/C22H14ClN3O7/c1-11-14(8-24)21(28)25(9-12-2-5-17-18(6-12)33-10-32-17)22(29)19(11)20(27)13-3-4-15(23)16(7-13)26(30)31/h2-7,29H,9-10H2,1H3. The van der Waals surface area contributed by atoms with Gasteiger partial charge < -0.3 is 14.6 Å². The fourth-order valence-corrected chi connectivity index (χ4v) is 3.72. The Hall–Kier alpha value is -4.36. The molecule has 4 rings (SSSR count). The number of fused-ring (bicyclic) bond motifs is 1. The minimum Gasteiger partial charge on any atom is -0.494 e. The first-order valence-corrected chi connectivity index (χ1v) is 9.84. The smallest absolute Gasteiger partial charge is 0.288 e. The number of hydrogen-bond acceptors (Lipinski definition) is 8. The van der Waals surface area contributed by atoms with Crippen LogP contribution < -0.4 is 15.0 Å². The molecule has 1 aromatic heterocycles. The molecule has 0 saturated heterocycles. The van der Waals surface area contributed by atoms with E-state index in [9.17, 15) is 30.1 Å². The lowest BCUT2D eigenvalue weighted by Gasteiger charge is -2.16. The Balaban J connectivity index is 1.85. The van der Waals surface area contributed by atoms with Gasteiger partial charge in [-0.05, 0) is 42.3 Å². The van der Waals surface area contributed by atoms with Crippen molar-refractivity contribution in [2.45, 2.75) is 13.5 Å². The Kier molecular flexibility index (Phi) is 5.49. The van der Waals surface area contributed by atoms with E-state index in [0.29, 0.717) is 17.1 Å². The summed E-state index contributed by atoms with van der Waals surface area (Å²) in [7, 11) is 0. The van der Waals surface area contributed by atoms with Gasteiger partial charge in [-0.15, -0.1) is 0 Å². The van der Waals surface area contributed by atoms with Crippen molar-refractivity contribution in [2.24, 2.45) is 0 Å². The summed E-state index contributed by atoms with van der Waals surface area (Å²) in [5.41, 5.74) is -1.56. The highest BCUT2D eigenvalue weighted by atomic mass is 35.5. The van der Waals surface area contributed by atoms with Crippen LogP contribution in [0.4, 0.5) is 5.69 Å². The molecular formula is C22H14ClN3O7. The molecule has 0 amide bonds. The van der Waals surface area contributed by atoms with Gasteiger partial charge >= 0.3 is 0 Å². The van der Waals surface area contributed by atoms with Crippen LogP contribution >= 0.6 is 11.6 Å². The van der Waals surface area contributed by atoms with Crippen molar-refractivity contribution in [3.8, 4) is 23.4 Å². The number of nitrogens with zero attached hydrogens (tertiary/aromatic N) is 3. The van der Waals surface area contributed by atoms with E-state index in [4.69, 9.17) is 21.1 Å². The van der Waals surface area contributed by atoms with E-state index in [1.165, 1.54) is 19.1 Å². The lowest BCUT2D eigenvalue weighted by Crippen LogP contribution is -2.27. The predicted octanol–water partition coefficient (Wildman–Crippen LogP) is 3.30. The van der Waals surface area contributed by atoms with Crippen LogP contribution in [0.25, 0.3) is 0 Å². The summed E-state index contributed by atoms with van der Waals surface area (Å²) in [4.78, 5) is 36.6. The van der Waals surface area contributed by atoms with Crippen LogP contribution in [-0.2, 0) is 6.54 Å². The molecule has 1 aliphatic heterocycles. The molecule has 0 unspecified atom stereocenters. The average Bonchev–Trinajstić information content (AvgIpc) is 3.25. The van der Waals surface area contributed by atoms with Crippen molar-refractivity contribution in [3.05, 3.63) is 89.7 Å². The molecule has 0 atom stereocenters. The summed E-state index contributed by atoms with van der Waals surface area (Å²) in [6.07, 6.45) is 0. The molecule has 2 heterocycles. The number of benzene rings is 2. The van der Waals surface area contributed by atoms with Crippen LogP contribution in [0.2, 0.25) is 5.02 Å². The Morgan fingerprint density at radius 1 is 1.27 bits per heavy atom.